The number of ether oxygens (including phenoxy) is 1. The predicted molar refractivity (Wildman–Crippen MR) is 99.5 cm³/mol. The van der Waals surface area contributed by atoms with Crippen LogP contribution in [-0.2, 0) is 11.3 Å². The lowest BCUT2D eigenvalue weighted by Crippen LogP contribution is -2.43. The number of hydrogen-bond donors (Lipinski definition) is 2. The van der Waals surface area contributed by atoms with Gasteiger partial charge >= 0.3 is 0 Å². The summed E-state index contributed by atoms with van der Waals surface area (Å²) < 4.78 is 5.37. The molecule has 1 heterocycles. The van der Waals surface area contributed by atoms with Crippen molar-refractivity contribution in [2.75, 3.05) is 32.8 Å². The average Bonchev–Trinajstić information content (AvgIpc) is 2.60. The highest BCUT2D eigenvalue weighted by Crippen LogP contribution is 2.25. The number of hydrogen-bond acceptors (Lipinski definition) is 4. The number of aliphatic hydroxyl groups is 1. The Hall–Kier alpha value is -1.43. The molecule has 1 saturated heterocycles. The number of nitrogens with one attached hydrogen (secondary N) is 1. The Balaban J connectivity index is 1.94. The van der Waals surface area contributed by atoms with E-state index in [1.54, 1.807) is 0 Å². The minimum Gasteiger partial charge on any atom is -0.392 e. The van der Waals surface area contributed by atoms with Gasteiger partial charge in [0.05, 0.1) is 19.3 Å². The Kier molecular flexibility index (Phi) is 6.99. The zero-order valence-corrected chi connectivity index (χ0v) is 15.9. The summed E-state index contributed by atoms with van der Waals surface area (Å²) in [5.74, 6) is 0.0663. The van der Waals surface area contributed by atoms with Gasteiger partial charge in [-0.2, -0.15) is 0 Å². The van der Waals surface area contributed by atoms with E-state index in [0.29, 0.717) is 12.1 Å². The van der Waals surface area contributed by atoms with Crippen molar-refractivity contribution in [2.24, 2.45) is 11.3 Å². The van der Waals surface area contributed by atoms with Crippen molar-refractivity contribution in [1.82, 2.24) is 10.2 Å². The standard InChI is InChI=1S/C20H32N2O3/c1-15(2)18(23)20(3,4)14-21-19(24)17-7-5-6-16(12-17)13-22-8-10-25-11-9-22/h5-7,12,15,18,23H,8-11,13-14H2,1-4H3,(H,21,24). The Morgan fingerprint density at radius 2 is 2.00 bits per heavy atom. The summed E-state index contributed by atoms with van der Waals surface area (Å²) in [4.78, 5) is 14.8. The first kappa shape index (κ1) is 19.9. The Labute approximate surface area is 151 Å². The van der Waals surface area contributed by atoms with Crippen molar-refractivity contribution in [3.8, 4) is 0 Å². The Morgan fingerprint density at radius 3 is 2.64 bits per heavy atom. The molecule has 1 aliphatic rings. The number of nitrogens with zero attached hydrogens (tertiary/aromatic N) is 1. The Bertz CT molecular complexity index is 566. The highest BCUT2D eigenvalue weighted by molar-refractivity contribution is 5.94. The van der Waals surface area contributed by atoms with Gasteiger partial charge in [-0.05, 0) is 23.6 Å². The third kappa shape index (κ3) is 5.80. The predicted octanol–water partition coefficient (Wildman–Crippen LogP) is 2.29. The van der Waals surface area contributed by atoms with E-state index in [2.05, 4.69) is 16.3 Å². The second-order valence-corrected chi connectivity index (χ2v) is 7.95. The van der Waals surface area contributed by atoms with E-state index in [1.165, 1.54) is 0 Å². The van der Waals surface area contributed by atoms with Crippen molar-refractivity contribution in [2.45, 2.75) is 40.3 Å². The highest BCUT2D eigenvalue weighted by atomic mass is 16.5. The van der Waals surface area contributed by atoms with Crippen LogP contribution in [0.2, 0.25) is 0 Å². The summed E-state index contributed by atoms with van der Waals surface area (Å²) in [7, 11) is 0. The summed E-state index contributed by atoms with van der Waals surface area (Å²) >= 11 is 0. The fraction of sp³-hybridized carbons (Fsp3) is 0.650. The first-order chi connectivity index (χ1) is 11.8. The van der Waals surface area contributed by atoms with Crippen LogP contribution in [0.25, 0.3) is 0 Å². The molecule has 1 unspecified atom stereocenters. The van der Waals surface area contributed by atoms with Crippen molar-refractivity contribution < 1.29 is 14.6 Å². The smallest absolute Gasteiger partial charge is 0.251 e. The number of carbonyl (C=O) groups excluding carboxylic acids is 1. The molecule has 0 bridgehead atoms. The molecule has 2 rings (SSSR count). The molecular formula is C20H32N2O3. The van der Waals surface area contributed by atoms with E-state index >= 15 is 0 Å². The summed E-state index contributed by atoms with van der Waals surface area (Å²) in [5, 5.41) is 13.3. The van der Waals surface area contributed by atoms with E-state index < -0.39 is 6.10 Å². The zero-order valence-electron chi connectivity index (χ0n) is 15.9. The molecule has 1 aromatic carbocycles. The second-order valence-electron chi connectivity index (χ2n) is 7.95. The molecule has 1 atom stereocenters. The Morgan fingerprint density at radius 1 is 1.32 bits per heavy atom. The average molecular weight is 348 g/mol. The first-order valence-electron chi connectivity index (χ1n) is 9.15. The largest absolute Gasteiger partial charge is 0.392 e. The van der Waals surface area contributed by atoms with Gasteiger partial charge in [-0.1, -0.05) is 39.8 Å². The first-order valence-corrected chi connectivity index (χ1v) is 9.15. The fourth-order valence-electron chi connectivity index (χ4n) is 3.25. The van der Waals surface area contributed by atoms with E-state index in [0.717, 1.165) is 38.4 Å². The third-order valence-corrected chi connectivity index (χ3v) is 4.84. The molecule has 25 heavy (non-hydrogen) atoms. The minimum absolute atomic E-state index is 0.0899. The fourth-order valence-corrected chi connectivity index (χ4v) is 3.25. The van der Waals surface area contributed by atoms with Crippen molar-refractivity contribution in [3.63, 3.8) is 0 Å². The molecule has 0 saturated carbocycles. The van der Waals surface area contributed by atoms with Gasteiger partial charge in [-0.3, -0.25) is 9.69 Å². The molecule has 1 amide bonds. The molecule has 1 aromatic rings. The van der Waals surface area contributed by atoms with E-state index in [-0.39, 0.29) is 17.2 Å². The molecular weight excluding hydrogens is 316 g/mol. The summed E-state index contributed by atoms with van der Waals surface area (Å²) in [6, 6.07) is 7.78. The van der Waals surface area contributed by atoms with E-state index in [9.17, 15) is 9.90 Å². The number of morpholine rings is 1. The number of carbonyl (C=O) groups is 1. The van der Waals surface area contributed by atoms with E-state index in [1.807, 2.05) is 45.9 Å². The van der Waals surface area contributed by atoms with Crippen molar-refractivity contribution in [3.05, 3.63) is 35.4 Å². The van der Waals surface area contributed by atoms with Crippen LogP contribution in [0.5, 0.6) is 0 Å². The van der Waals surface area contributed by atoms with Gasteiger partial charge in [-0.25, -0.2) is 0 Å². The summed E-state index contributed by atoms with van der Waals surface area (Å²) in [5.41, 5.74) is 1.44. The molecule has 0 spiro atoms. The van der Waals surface area contributed by atoms with Crippen molar-refractivity contribution in [1.29, 1.82) is 0 Å². The van der Waals surface area contributed by atoms with Crippen LogP contribution in [0, 0.1) is 11.3 Å². The number of aliphatic hydroxyl groups excluding tert-OH is 1. The number of rotatable bonds is 7. The molecule has 0 aliphatic carbocycles. The summed E-state index contributed by atoms with van der Waals surface area (Å²) in [6.07, 6.45) is -0.458. The number of benzene rings is 1. The monoisotopic (exact) mass is 348 g/mol. The van der Waals surface area contributed by atoms with Crippen LogP contribution in [0.4, 0.5) is 0 Å². The quantitative estimate of drug-likeness (QED) is 0.794. The normalized spacial score (nSPS) is 17.5. The third-order valence-electron chi connectivity index (χ3n) is 4.84. The van der Waals surface area contributed by atoms with Gasteiger partial charge in [-0.15, -0.1) is 0 Å². The molecule has 5 heteroatoms. The number of amides is 1. The van der Waals surface area contributed by atoms with Gasteiger partial charge in [0.2, 0.25) is 0 Å². The van der Waals surface area contributed by atoms with Gasteiger partial charge in [0, 0.05) is 37.2 Å². The molecule has 0 aromatic heterocycles. The van der Waals surface area contributed by atoms with Crippen LogP contribution in [-0.4, -0.2) is 54.9 Å². The molecule has 140 valence electrons. The maximum absolute atomic E-state index is 12.5. The van der Waals surface area contributed by atoms with Crippen LogP contribution in [0.15, 0.2) is 24.3 Å². The van der Waals surface area contributed by atoms with Crippen LogP contribution in [0.3, 0.4) is 0 Å². The minimum atomic E-state index is -0.458. The second kappa shape index (κ2) is 8.79. The van der Waals surface area contributed by atoms with Crippen LogP contribution < -0.4 is 5.32 Å². The zero-order chi connectivity index (χ0) is 18.4. The van der Waals surface area contributed by atoms with Crippen molar-refractivity contribution >= 4 is 5.91 Å². The maximum Gasteiger partial charge on any atom is 0.251 e. The molecule has 0 radical (unpaired) electrons. The maximum atomic E-state index is 12.5. The van der Waals surface area contributed by atoms with Crippen LogP contribution in [0.1, 0.15) is 43.6 Å². The highest BCUT2D eigenvalue weighted by Gasteiger charge is 2.30. The molecule has 5 nitrogen and oxygen atoms in total. The lowest BCUT2D eigenvalue weighted by molar-refractivity contribution is 0.0138. The SMILES string of the molecule is CC(C)C(O)C(C)(C)CNC(=O)c1cccc(CN2CCOCC2)c1. The van der Waals surface area contributed by atoms with E-state index in [4.69, 9.17) is 4.74 Å². The van der Waals surface area contributed by atoms with Crippen LogP contribution >= 0.6 is 0 Å². The molecule has 1 aliphatic heterocycles. The van der Waals surface area contributed by atoms with Gasteiger partial charge in [0.1, 0.15) is 0 Å². The van der Waals surface area contributed by atoms with Gasteiger partial charge < -0.3 is 15.2 Å². The lowest BCUT2D eigenvalue weighted by atomic mass is 9.80. The topological polar surface area (TPSA) is 61.8 Å². The van der Waals surface area contributed by atoms with Gasteiger partial charge in [0.15, 0.2) is 0 Å². The molecule has 1 fully saturated rings. The molecule has 2 N–H and O–H groups in total. The lowest BCUT2D eigenvalue weighted by Gasteiger charge is -2.33. The van der Waals surface area contributed by atoms with Gasteiger partial charge in [0.25, 0.3) is 5.91 Å². The summed E-state index contributed by atoms with van der Waals surface area (Å²) in [6.45, 7) is 12.6.